The Bertz CT molecular complexity index is 1660. The Morgan fingerprint density at radius 1 is 0.364 bits per heavy atom. The van der Waals surface area contributed by atoms with Crippen LogP contribution >= 0.6 is 0 Å². The number of nitrogen functional groups attached to an aromatic ring is 2. The predicted molar refractivity (Wildman–Crippen MR) is 292 cm³/mol. The molecule has 0 bridgehead atoms. The highest BCUT2D eigenvalue weighted by Crippen LogP contribution is 2.48. The molecule has 4 N–H and O–H groups in total. The summed E-state index contributed by atoms with van der Waals surface area (Å²) >= 11 is 0. The van der Waals surface area contributed by atoms with E-state index in [0.29, 0.717) is 11.8 Å². The topological polar surface area (TPSA) is 52.0 Å². The highest BCUT2D eigenvalue weighted by molar-refractivity contribution is 5.47. The molecule has 2 unspecified atom stereocenters. The van der Waals surface area contributed by atoms with Crippen molar-refractivity contribution in [2.45, 2.75) is 250 Å². The van der Waals surface area contributed by atoms with Gasteiger partial charge < -0.3 is 11.5 Å². The van der Waals surface area contributed by atoms with E-state index < -0.39 is 0 Å². The van der Waals surface area contributed by atoms with Crippen molar-refractivity contribution in [1.82, 2.24) is 0 Å². The van der Waals surface area contributed by atoms with Crippen molar-refractivity contribution >= 4 is 11.4 Å². The molecule has 1 fully saturated rings. The highest BCUT2D eigenvalue weighted by atomic mass is 14.5. The summed E-state index contributed by atoms with van der Waals surface area (Å²) in [6.07, 6.45) is 44.8. The fourth-order valence-corrected chi connectivity index (χ4v) is 11.7. The van der Waals surface area contributed by atoms with E-state index in [1.165, 1.54) is 245 Å². The number of rotatable bonds is 35. The predicted octanol–water partition coefficient (Wildman–Crippen LogP) is 20.0. The van der Waals surface area contributed by atoms with Gasteiger partial charge in [-0.2, -0.15) is 0 Å². The molecular weight excluding hydrogens is 797 g/mol. The van der Waals surface area contributed by atoms with Crippen LogP contribution in [0.15, 0.2) is 97.1 Å². The molecule has 0 saturated heterocycles. The minimum absolute atomic E-state index is 0.0507. The third-order valence-corrected chi connectivity index (χ3v) is 16.0. The normalized spacial score (nSPS) is 17.2. The van der Waals surface area contributed by atoms with Crippen molar-refractivity contribution < 1.29 is 0 Å². The van der Waals surface area contributed by atoms with E-state index in [2.05, 4.69) is 118 Å². The molecule has 1 saturated carbocycles. The number of hydrogen-bond acceptors (Lipinski definition) is 2. The van der Waals surface area contributed by atoms with Gasteiger partial charge in [-0.05, 0) is 102 Å². The number of benzene rings is 4. The number of anilines is 2. The van der Waals surface area contributed by atoms with Crippen molar-refractivity contribution in [3.63, 3.8) is 0 Å². The Kier molecular flexibility index (Phi) is 25.5. The maximum absolute atomic E-state index is 6.22. The zero-order valence-corrected chi connectivity index (χ0v) is 43.0. The van der Waals surface area contributed by atoms with Gasteiger partial charge in [-0.1, -0.05) is 267 Å². The van der Waals surface area contributed by atoms with Gasteiger partial charge in [0.25, 0.3) is 0 Å². The summed E-state index contributed by atoms with van der Waals surface area (Å²) in [5.41, 5.74) is 23.0. The highest BCUT2D eigenvalue weighted by Gasteiger charge is 2.38. The van der Waals surface area contributed by atoms with E-state index in [1.54, 1.807) is 0 Å². The molecule has 2 nitrogen and oxygen atoms in total. The van der Waals surface area contributed by atoms with E-state index in [0.717, 1.165) is 17.3 Å². The molecule has 5 rings (SSSR count). The average Bonchev–Trinajstić information content (AvgIpc) is 3.35. The third-order valence-electron chi connectivity index (χ3n) is 16.0. The monoisotopic (exact) mass is 895 g/mol. The Hall–Kier alpha value is -3.52. The van der Waals surface area contributed by atoms with Gasteiger partial charge in [-0.3, -0.25) is 0 Å². The van der Waals surface area contributed by atoms with Crippen LogP contribution in [0, 0.1) is 5.92 Å². The largest absolute Gasteiger partial charge is 0.399 e. The van der Waals surface area contributed by atoms with Crippen LogP contribution in [0.4, 0.5) is 11.4 Å². The number of nitrogens with two attached hydrogens (primary N) is 2. The van der Waals surface area contributed by atoms with Crippen molar-refractivity contribution in [3.05, 3.63) is 130 Å². The van der Waals surface area contributed by atoms with Crippen LogP contribution in [0.1, 0.15) is 278 Å². The zero-order chi connectivity index (χ0) is 46.5. The first kappa shape index (κ1) is 53.4. The summed E-state index contributed by atoms with van der Waals surface area (Å²) in [6.45, 7) is 6.94. The maximum atomic E-state index is 6.22. The van der Waals surface area contributed by atoms with Crippen LogP contribution in [-0.2, 0) is 5.41 Å². The van der Waals surface area contributed by atoms with Gasteiger partial charge in [0.1, 0.15) is 0 Å². The minimum atomic E-state index is 0.0507. The van der Waals surface area contributed by atoms with E-state index >= 15 is 0 Å². The van der Waals surface area contributed by atoms with Gasteiger partial charge in [0.05, 0.1) is 0 Å². The molecule has 4 aromatic carbocycles. The minimum Gasteiger partial charge on any atom is -0.399 e. The second kappa shape index (κ2) is 31.5. The van der Waals surface area contributed by atoms with Crippen molar-refractivity contribution in [1.29, 1.82) is 0 Å². The van der Waals surface area contributed by atoms with E-state index in [-0.39, 0.29) is 5.41 Å². The molecule has 1 aliphatic carbocycles. The van der Waals surface area contributed by atoms with Crippen molar-refractivity contribution in [3.8, 4) is 0 Å². The molecule has 4 aromatic rings. The summed E-state index contributed by atoms with van der Waals surface area (Å²) in [6, 6.07) is 37.8. The molecule has 0 radical (unpaired) electrons. The fourth-order valence-electron chi connectivity index (χ4n) is 11.7. The van der Waals surface area contributed by atoms with E-state index in [1.807, 2.05) is 0 Å². The number of hydrogen-bond donors (Lipinski definition) is 2. The summed E-state index contributed by atoms with van der Waals surface area (Å²) in [5.74, 6) is 1.66. The lowest BCUT2D eigenvalue weighted by molar-refractivity contribution is 0.250. The Balaban J connectivity index is 1.31. The summed E-state index contributed by atoms with van der Waals surface area (Å²) in [4.78, 5) is 0. The van der Waals surface area contributed by atoms with Gasteiger partial charge in [0.15, 0.2) is 0 Å². The lowest BCUT2D eigenvalue weighted by Gasteiger charge is -2.42. The maximum Gasteiger partial charge on any atom is 0.0314 e. The van der Waals surface area contributed by atoms with Crippen LogP contribution in [0.5, 0.6) is 0 Å². The second-order valence-corrected chi connectivity index (χ2v) is 21.2. The SMILES string of the molecule is CCCCCCCCCCCCC(c1ccc(N)cc1)c1ccc(C2(c3ccc(C(CCCCCCCCCCCC)c4ccc(N)cc4)cc3)CCC(CCCCCCCC)CC2)cc1. The molecule has 1 aliphatic rings. The fraction of sp³-hybridized carbons (Fsp3) is 0.625. The first-order chi connectivity index (χ1) is 32.5. The molecule has 0 aliphatic heterocycles. The molecule has 364 valence electrons. The Morgan fingerprint density at radius 3 is 0.955 bits per heavy atom. The standard InChI is InChI=1S/C64H98N2/c1-4-7-10-13-16-18-20-22-25-28-31-62(56-37-45-60(65)46-38-56)54-33-41-58(42-34-54)64(51-49-53(50-52-64)30-27-24-15-12-9-6-3)59-43-35-55(36-44-59)63(57-39-47-61(66)48-40-57)32-29-26-23-21-19-17-14-11-8-5-2/h33-48,53,62-63H,4-32,49-52,65-66H2,1-3H3. The van der Waals surface area contributed by atoms with Crippen LogP contribution in [0.25, 0.3) is 0 Å². The lowest BCUT2D eigenvalue weighted by Crippen LogP contribution is -2.33. The Morgan fingerprint density at radius 2 is 0.636 bits per heavy atom. The number of unbranched alkanes of at least 4 members (excludes halogenated alkanes) is 23. The molecule has 0 aromatic heterocycles. The molecule has 0 heterocycles. The molecule has 2 atom stereocenters. The van der Waals surface area contributed by atoms with E-state index in [4.69, 9.17) is 11.5 Å². The molecular formula is C64H98N2. The van der Waals surface area contributed by atoms with Gasteiger partial charge in [-0.15, -0.1) is 0 Å². The van der Waals surface area contributed by atoms with Crippen LogP contribution < -0.4 is 11.5 Å². The third kappa shape index (κ3) is 18.2. The first-order valence-corrected chi connectivity index (χ1v) is 28.4. The molecule has 0 amide bonds. The first-order valence-electron chi connectivity index (χ1n) is 28.4. The van der Waals surface area contributed by atoms with Crippen molar-refractivity contribution in [2.24, 2.45) is 5.92 Å². The second-order valence-electron chi connectivity index (χ2n) is 21.2. The molecule has 0 spiro atoms. The quantitative estimate of drug-likeness (QED) is 0.0357. The molecule has 2 heteroatoms. The van der Waals surface area contributed by atoms with Gasteiger partial charge >= 0.3 is 0 Å². The Labute approximate surface area is 407 Å². The summed E-state index contributed by atoms with van der Waals surface area (Å²) in [7, 11) is 0. The van der Waals surface area contributed by atoms with Gasteiger partial charge in [0, 0.05) is 28.6 Å². The van der Waals surface area contributed by atoms with Crippen LogP contribution in [0.3, 0.4) is 0 Å². The average molecular weight is 896 g/mol. The van der Waals surface area contributed by atoms with Gasteiger partial charge in [-0.25, -0.2) is 0 Å². The van der Waals surface area contributed by atoms with E-state index in [9.17, 15) is 0 Å². The van der Waals surface area contributed by atoms with Crippen molar-refractivity contribution in [2.75, 3.05) is 11.5 Å². The zero-order valence-electron chi connectivity index (χ0n) is 43.0. The smallest absolute Gasteiger partial charge is 0.0314 e. The van der Waals surface area contributed by atoms with Gasteiger partial charge in [0.2, 0.25) is 0 Å². The summed E-state index contributed by atoms with van der Waals surface area (Å²) in [5, 5.41) is 0. The lowest BCUT2D eigenvalue weighted by atomic mass is 9.62. The van der Waals surface area contributed by atoms with Crippen LogP contribution in [0.2, 0.25) is 0 Å². The molecule has 66 heavy (non-hydrogen) atoms. The summed E-state index contributed by atoms with van der Waals surface area (Å²) < 4.78 is 0. The van der Waals surface area contributed by atoms with Crippen LogP contribution in [-0.4, -0.2) is 0 Å².